The standard InChI is InChI=1S/C14H16N6O2/c15-13(16)20-14(17)19-10-5-3-9(4-6-10)12(21)18-8-11-2-1-7-22-11/h1-7H,8H2,(H,18,21)(H6,15,16,17,19,20). The van der Waals surface area contributed by atoms with Gasteiger partial charge in [-0.15, -0.1) is 0 Å². The molecule has 0 aliphatic rings. The van der Waals surface area contributed by atoms with Gasteiger partial charge in [0.15, 0.2) is 5.96 Å². The van der Waals surface area contributed by atoms with Crippen LogP contribution in [0.4, 0.5) is 5.69 Å². The van der Waals surface area contributed by atoms with Crippen LogP contribution in [0.5, 0.6) is 0 Å². The minimum atomic E-state index is -0.218. The van der Waals surface area contributed by atoms with Crippen LogP contribution in [-0.4, -0.2) is 17.8 Å². The Labute approximate surface area is 126 Å². The zero-order chi connectivity index (χ0) is 15.9. The van der Waals surface area contributed by atoms with Gasteiger partial charge in [0.1, 0.15) is 5.76 Å². The van der Waals surface area contributed by atoms with Crippen LogP contribution in [0, 0.1) is 0 Å². The van der Waals surface area contributed by atoms with Gasteiger partial charge in [0, 0.05) is 5.56 Å². The van der Waals surface area contributed by atoms with Gasteiger partial charge >= 0.3 is 0 Å². The molecule has 0 aliphatic heterocycles. The molecule has 0 aliphatic carbocycles. The number of benzene rings is 1. The molecule has 1 heterocycles. The summed E-state index contributed by atoms with van der Waals surface area (Å²) in [5, 5.41) is 2.74. The number of nitrogens with zero attached hydrogens (tertiary/aromatic N) is 2. The zero-order valence-electron chi connectivity index (χ0n) is 11.7. The largest absolute Gasteiger partial charge is 0.467 e. The van der Waals surface area contributed by atoms with E-state index in [4.69, 9.17) is 21.6 Å². The molecule has 22 heavy (non-hydrogen) atoms. The molecule has 8 heteroatoms. The highest BCUT2D eigenvalue weighted by Gasteiger charge is 2.06. The van der Waals surface area contributed by atoms with Crippen molar-refractivity contribution in [2.24, 2.45) is 27.2 Å². The highest BCUT2D eigenvalue weighted by atomic mass is 16.3. The molecule has 7 N–H and O–H groups in total. The first-order chi connectivity index (χ1) is 10.5. The van der Waals surface area contributed by atoms with E-state index >= 15 is 0 Å². The summed E-state index contributed by atoms with van der Waals surface area (Å²) < 4.78 is 5.14. The van der Waals surface area contributed by atoms with Crippen molar-refractivity contribution in [1.82, 2.24) is 5.32 Å². The number of furan rings is 1. The fourth-order valence-corrected chi connectivity index (χ4v) is 1.66. The monoisotopic (exact) mass is 300 g/mol. The summed E-state index contributed by atoms with van der Waals surface area (Å²) >= 11 is 0. The van der Waals surface area contributed by atoms with Crippen molar-refractivity contribution in [3.05, 3.63) is 54.0 Å². The van der Waals surface area contributed by atoms with Crippen molar-refractivity contribution >= 4 is 23.5 Å². The Kier molecular flexibility index (Phi) is 4.76. The lowest BCUT2D eigenvalue weighted by Gasteiger charge is -2.03. The van der Waals surface area contributed by atoms with E-state index in [0.717, 1.165) is 0 Å². The number of hydrogen-bond acceptors (Lipinski definition) is 3. The summed E-state index contributed by atoms with van der Waals surface area (Å²) in [5.74, 6) is 0.230. The number of guanidine groups is 2. The number of rotatable bonds is 4. The van der Waals surface area contributed by atoms with Crippen molar-refractivity contribution in [1.29, 1.82) is 0 Å². The van der Waals surface area contributed by atoms with Crippen LogP contribution in [0.3, 0.4) is 0 Å². The van der Waals surface area contributed by atoms with Crippen molar-refractivity contribution < 1.29 is 9.21 Å². The average molecular weight is 300 g/mol. The third-order valence-electron chi connectivity index (χ3n) is 2.62. The van der Waals surface area contributed by atoms with E-state index in [2.05, 4.69) is 15.3 Å². The van der Waals surface area contributed by atoms with Gasteiger partial charge in [0.2, 0.25) is 5.96 Å². The van der Waals surface area contributed by atoms with Crippen molar-refractivity contribution in [2.75, 3.05) is 0 Å². The normalized spacial score (nSPS) is 11.0. The molecule has 0 saturated carbocycles. The lowest BCUT2D eigenvalue weighted by molar-refractivity contribution is 0.0948. The van der Waals surface area contributed by atoms with Gasteiger partial charge in [0.25, 0.3) is 5.91 Å². The third kappa shape index (κ3) is 4.37. The molecule has 0 atom stereocenters. The van der Waals surface area contributed by atoms with Gasteiger partial charge in [-0.1, -0.05) is 0 Å². The zero-order valence-corrected chi connectivity index (χ0v) is 11.7. The Hall–Kier alpha value is -3.29. The maximum absolute atomic E-state index is 12.0. The van der Waals surface area contributed by atoms with Gasteiger partial charge in [-0.05, 0) is 36.4 Å². The molecule has 0 fully saturated rings. The molecular weight excluding hydrogens is 284 g/mol. The van der Waals surface area contributed by atoms with Crippen molar-refractivity contribution in [3.63, 3.8) is 0 Å². The summed E-state index contributed by atoms with van der Waals surface area (Å²) in [6, 6.07) is 10.1. The second-order valence-corrected chi connectivity index (χ2v) is 4.32. The van der Waals surface area contributed by atoms with Gasteiger partial charge in [0.05, 0.1) is 18.5 Å². The molecule has 0 unspecified atom stereocenters. The van der Waals surface area contributed by atoms with Gasteiger partial charge in [-0.2, -0.15) is 4.99 Å². The second kappa shape index (κ2) is 6.93. The molecule has 1 amide bonds. The minimum absolute atomic E-state index is 0.0602. The molecule has 8 nitrogen and oxygen atoms in total. The summed E-state index contributed by atoms with van der Waals surface area (Å²) in [7, 11) is 0. The molecule has 2 rings (SSSR count). The third-order valence-corrected chi connectivity index (χ3v) is 2.62. The molecule has 1 aromatic heterocycles. The predicted octanol–water partition coefficient (Wildman–Crippen LogP) is 0.429. The molecular formula is C14H16N6O2. The molecule has 1 aromatic carbocycles. The molecule has 0 saturated heterocycles. The van der Waals surface area contributed by atoms with Crippen molar-refractivity contribution in [2.45, 2.75) is 6.54 Å². The fourth-order valence-electron chi connectivity index (χ4n) is 1.66. The van der Waals surface area contributed by atoms with Crippen LogP contribution >= 0.6 is 0 Å². The predicted molar refractivity (Wildman–Crippen MR) is 83.4 cm³/mol. The summed E-state index contributed by atoms with van der Waals surface area (Å²) in [6.45, 7) is 0.323. The first-order valence-corrected chi connectivity index (χ1v) is 6.39. The van der Waals surface area contributed by atoms with Crippen LogP contribution < -0.4 is 22.5 Å². The van der Waals surface area contributed by atoms with E-state index in [1.165, 1.54) is 0 Å². The van der Waals surface area contributed by atoms with E-state index in [9.17, 15) is 4.79 Å². The smallest absolute Gasteiger partial charge is 0.251 e. The summed E-state index contributed by atoms with van der Waals surface area (Å²) in [5.41, 5.74) is 16.9. The Morgan fingerprint density at radius 2 is 1.86 bits per heavy atom. The Balaban J connectivity index is 1.99. The van der Waals surface area contributed by atoms with Gasteiger partial charge in [-0.25, -0.2) is 4.99 Å². The summed E-state index contributed by atoms with van der Waals surface area (Å²) in [4.78, 5) is 19.5. The topological polar surface area (TPSA) is 145 Å². The fraction of sp³-hybridized carbons (Fsp3) is 0.0714. The van der Waals surface area contributed by atoms with Crippen LogP contribution in [0.1, 0.15) is 16.1 Å². The minimum Gasteiger partial charge on any atom is -0.467 e. The van der Waals surface area contributed by atoms with Crippen LogP contribution in [-0.2, 0) is 6.54 Å². The molecule has 2 aromatic rings. The van der Waals surface area contributed by atoms with Crippen molar-refractivity contribution in [3.8, 4) is 0 Å². The number of carbonyl (C=O) groups is 1. The SMILES string of the molecule is NC(N)=NC(N)=Nc1ccc(C(=O)NCc2ccco2)cc1. The Bertz CT molecular complexity index is 685. The van der Waals surface area contributed by atoms with E-state index < -0.39 is 0 Å². The van der Waals surface area contributed by atoms with Crippen LogP contribution in [0.2, 0.25) is 0 Å². The van der Waals surface area contributed by atoms with Crippen LogP contribution in [0.15, 0.2) is 57.1 Å². The van der Waals surface area contributed by atoms with Crippen LogP contribution in [0.25, 0.3) is 0 Å². The highest BCUT2D eigenvalue weighted by Crippen LogP contribution is 2.13. The number of aliphatic imine (C=N–C) groups is 2. The quantitative estimate of drug-likeness (QED) is 0.478. The highest BCUT2D eigenvalue weighted by molar-refractivity contribution is 5.95. The molecule has 0 spiro atoms. The number of carbonyl (C=O) groups excluding carboxylic acids is 1. The second-order valence-electron chi connectivity index (χ2n) is 4.32. The number of nitrogens with two attached hydrogens (primary N) is 3. The molecule has 114 valence electrons. The lowest BCUT2D eigenvalue weighted by Crippen LogP contribution is -2.26. The molecule has 0 bridgehead atoms. The first kappa shape index (κ1) is 15.1. The average Bonchev–Trinajstić information content (AvgIpc) is 2.98. The molecule has 0 radical (unpaired) electrons. The Morgan fingerprint density at radius 1 is 1.14 bits per heavy atom. The van der Waals surface area contributed by atoms with E-state index in [0.29, 0.717) is 23.6 Å². The Morgan fingerprint density at radius 3 is 2.45 bits per heavy atom. The van der Waals surface area contributed by atoms with Gasteiger partial charge in [-0.3, -0.25) is 4.79 Å². The van der Waals surface area contributed by atoms with E-state index in [1.54, 1.807) is 42.7 Å². The number of nitrogens with one attached hydrogen (secondary N) is 1. The maximum atomic E-state index is 12.0. The maximum Gasteiger partial charge on any atom is 0.251 e. The summed E-state index contributed by atoms with van der Waals surface area (Å²) in [6.07, 6.45) is 1.55. The number of amides is 1. The van der Waals surface area contributed by atoms with E-state index in [1.807, 2.05) is 0 Å². The van der Waals surface area contributed by atoms with E-state index in [-0.39, 0.29) is 17.8 Å². The van der Waals surface area contributed by atoms with Gasteiger partial charge < -0.3 is 26.9 Å². The lowest BCUT2D eigenvalue weighted by atomic mass is 10.2. The number of hydrogen-bond donors (Lipinski definition) is 4. The first-order valence-electron chi connectivity index (χ1n) is 6.39.